The summed E-state index contributed by atoms with van der Waals surface area (Å²) in [6.07, 6.45) is 2.63. The molecule has 3 aromatic rings. The highest BCUT2D eigenvalue weighted by molar-refractivity contribution is 6.09. The second-order valence-corrected chi connectivity index (χ2v) is 8.41. The van der Waals surface area contributed by atoms with Crippen LogP contribution in [0.3, 0.4) is 0 Å². The summed E-state index contributed by atoms with van der Waals surface area (Å²) >= 11 is 0. The molecule has 2 unspecified atom stereocenters. The molecule has 160 valence electrons. The Kier molecular flexibility index (Phi) is 5.79. The molecule has 2 atom stereocenters. The fraction of sp³-hybridized carbons (Fsp3) is 0.348. The molecule has 0 bridgehead atoms. The van der Waals surface area contributed by atoms with E-state index >= 15 is 0 Å². The van der Waals surface area contributed by atoms with Gasteiger partial charge in [-0.2, -0.15) is 0 Å². The smallest absolute Gasteiger partial charge is 0.255 e. The number of hydrogen-bond donors (Lipinski definition) is 1. The maximum absolute atomic E-state index is 13.2. The van der Waals surface area contributed by atoms with E-state index in [0.717, 1.165) is 30.8 Å². The molecule has 0 spiro atoms. The Bertz CT molecular complexity index is 1090. The van der Waals surface area contributed by atoms with Crippen molar-refractivity contribution in [2.24, 2.45) is 11.8 Å². The Morgan fingerprint density at radius 1 is 1.06 bits per heavy atom. The molecule has 0 aliphatic carbocycles. The van der Waals surface area contributed by atoms with Gasteiger partial charge in [-0.1, -0.05) is 26.0 Å². The Hall–Kier alpha value is -3.55. The van der Waals surface area contributed by atoms with Crippen LogP contribution in [0.25, 0.3) is 5.69 Å². The van der Waals surface area contributed by atoms with Crippen LogP contribution in [0.5, 0.6) is 0 Å². The number of aromatic nitrogens is 4. The topological polar surface area (TPSA) is 93.0 Å². The van der Waals surface area contributed by atoms with Gasteiger partial charge in [0.15, 0.2) is 0 Å². The number of tetrazole rings is 1. The van der Waals surface area contributed by atoms with Crippen molar-refractivity contribution in [1.82, 2.24) is 25.1 Å². The zero-order chi connectivity index (χ0) is 22.0. The quantitative estimate of drug-likeness (QED) is 0.701. The number of carbonyl (C=O) groups excluding carboxylic acids is 2. The summed E-state index contributed by atoms with van der Waals surface area (Å²) in [5.74, 6) is 0.624. The molecule has 1 saturated heterocycles. The zero-order valence-corrected chi connectivity index (χ0v) is 17.9. The highest BCUT2D eigenvalue weighted by Gasteiger charge is 2.27. The predicted octanol–water partition coefficient (Wildman–Crippen LogP) is 3.34. The van der Waals surface area contributed by atoms with Crippen LogP contribution in [-0.4, -0.2) is 50.0 Å². The number of piperidine rings is 1. The van der Waals surface area contributed by atoms with Crippen molar-refractivity contribution in [1.29, 1.82) is 0 Å². The van der Waals surface area contributed by atoms with Gasteiger partial charge < -0.3 is 10.2 Å². The molecule has 31 heavy (non-hydrogen) atoms. The summed E-state index contributed by atoms with van der Waals surface area (Å²) < 4.78 is 1.55. The number of anilines is 1. The number of benzene rings is 2. The first-order chi connectivity index (χ1) is 14.9. The van der Waals surface area contributed by atoms with E-state index in [4.69, 9.17) is 0 Å². The molecule has 2 amide bonds. The van der Waals surface area contributed by atoms with E-state index in [2.05, 4.69) is 34.7 Å². The van der Waals surface area contributed by atoms with E-state index in [1.165, 1.54) is 6.33 Å². The van der Waals surface area contributed by atoms with Crippen LogP contribution in [0.4, 0.5) is 5.69 Å². The Morgan fingerprint density at radius 3 is 2.48 bits per heavy atom. The average Bonchev–Trinajstić information content (AvgIpc) is 3.27. The number of hydrogen-bond acceptors (Lipinski definition) is 5. The monoisotopic (exact) mass is 418 g/mol. The molecule has 1 aliphatic heterocycles. The fourth-order valence-corrected chi connectivity index (χ4v) is 4.30. The van der Waals surface area contributed by atoms with Crippen molar-refractivity contribution in [2.45, 2.75) is 27.2 Å². The van der Waals surface area contributed by atoms with Gasteiger partial charge in [-0.25, -0.2) is 4.68 Å². The van der Waals surface area contributed by atoms with Gasteiger partial charge in [-0.15, -0.1) is 5.10 Å². The zero-order valence-electron chi connectivity index (χ0n) is 17.9. The third-order valence-corrected chi connectivity index (χ3v) is 5.62. The minimum Gasteiger partial charge on any atom is -0.338 e. The lowest BCUT2D eigenvalue weighted by Crippen LogP contribution is -2.42. The maximum Gasteiger partial charge on any atom is 0.255 e. The molecule has 2 aromatic carbocycles. The van der Waals surface area contributed by atoms with E-state index in [0.29, 0.717) is 28.7 Å². The predicted molar refractivity (Wildman–Crippen MR) is 117 cm³/mol. The molecule has 2 heterocycles. The number of nitrogens with one attached hydrogen (secondary N) is 1. The van der Waals surface area contributed by atoms with Crippen LogP contribution in [0.15, 0.2) is 48.8 Å². The lowest BCUT2D eigenvalue weighted by atomic mass is 9.91. The average molecular weight is 419 g/mol. The summed E-state index contributed by atoms with van der Waals surface area (Å²) in [5.41, 5.74) is 3.19. The van der Waals surface area contributed by atoms with Crippen LogP contribution < -0.4 is 5.32 Å². The molecule has 0 saturated carbocycles. The minimum absolute atomic E-state index is 0.0421. The molecule has 0 radical (unpaired) electrons. The summed E-state index contributed by atoms with van der Waals surface area (Å²) in [7, 11) is 0. The van der Waals surface area contributed by atoms with Crippen molar-refractivity contribution >= 4 is 17.5 Å². The number of aryl methyl sites for hydroxylation is 1. The van der Waals surface area contributed by atoms with E-state index in [-0.39, 0.29) is 11.8 Å². The Balaban J connectivity index is 1.54. The summed E-state index contributed by atoms with van der Waals surface area (Å²) in [6, 6.07) is 12.5. The molecular weight excluding hydrogens is 392 g/mol. The molecule has 8 nitrogen and oxygen atoms in total. The molecule has 1 fully saturated rings. The van der Waals surface area contributed by atoms with Crippen LogP contribution in [0.1, 0.15) is 46.5 Å². The molecule has 4 rings (SSSR count). The van der Waals surface area contributed by atoms with Gasteiger partial charge in [0, 0.05) is 18.7 Å². The van der Waals surface area contributed by atoms with Crippen molar-refractivity contribution in [2.75, 3.05) is 18.4 Å². The lowest BCUT2D eigenvalue weighted by molar-refractivity contribution is 0.0624. The van der Waals surface area contributed by atoms with Gasteiger partial charge >= 0.3 is 0 Å². The normalized spacial score (nSPS) is 18.6. The van der Waals surface area contributed by atoms with Crippen LogP contribution in [0, 0.1) is 18.8 Å². The Labute approximate surface area is 181 Å². The SMILES string of the molecule is Cc1cc(C(=O)Nc2ccccc2C(=O)N2CC(C)CC(C)C2)ccc1-n1cnnn1. The summed E-state index contributed by atoms with van der Waals surface area (Å²) in [5, 5.41) is 14.1. The number of nitrogens with zero attached hydrogens (tertiary/aromatic N) is 5. The van der Waals surface area contributed by atoms with Crippen LogP contribution >= 0.6 is 0 Å². The second-order valence-electron chi connectivity index (χ2n) is 8.41. The van der Waals surface area contributed by atoms with E-state index in [1.807, 2.05) is 24.0 Å². The van der Waals surface area contributed by atoms with E-state index < -0.39 is 0 Å². The summed E-state index contributed by atoms with van der Waals surface area (Å²) in [4.78, 5) is 28.0. The molecule has 1 N–H and O–H groups in total. The highest BCUT2D eigenvalue weighted by Crippen LogP contribution is 2.25. The van der Waals surface area contributed by atoms with Gasteiger partial charge in [-0.3, -0.25) is 9.59 Å². The van der Waals surface area contributed by atoms with Crippen LogP contribution in [-0.2, 0) is 0 Å². The number of likely N-dealkylation sites (tertiary alicyclic amines) is 1. The van der Waals surface area contributed by atoms with Gasteiger partial charge in [0.1, 0.15) is 6.33 Å². The van der Waals surface area contributed by atoms with Crippen molar-refractivity contribution in [3.8, 4) is 5.69 Å². The maximum atomic E-state index is 13.2. The number of amides is 2. The molecule has 8 heteroatoms. The first kappa shape index (κ1) is 20.7. The van der Waals surface area contributed by atoms with E-state index in [1.54, 1.807) is 35.0 Å². The summed E-state index contributed by atoms with van der Waals surface area (Å²) in [6.45, 7) is 7.71. The van der Waals surface area contributed by atoms with E-state index in [9.17, 15) is 9.59 Å². The van der Waals surface area contributed by atoms with Crippen molar-refractivity contribution in [3.63, 3.8) is 0 Å². The Morgan fingerprint density at radius 2 is 1.81 bits per heavy atom. The highest BCUT2D eigenvalue weighted by atomic mass is 16.2. The minimum atomic E-state index is -0.271. The van der Waals surface area contributed by atoms with Gasteiger partial charge in [0.25, 0.3) is 11.8 Å². The third kappa shape index (κ3) is 4.47. The first-order valence-electron chi connectivity index (χ1n) is 10.5. The standard InChI is InChI=1S/C23H26N6O2/c1-15-10-16(2)13-28(12-15)23(31)19-6-4-5-7-20(19)25-22(30)18-8-9-21(17(3)11-18)29-14-24-26-27-29/h4-9,11,14-16H,10,12-13H2,1-3H3,(H,25,30). The first-order valence-corrected chi connectivity index (χ1v) is 10.5. The van der Waals surface area contributed by atoms with Gasteiger partial charge in [0.2, 0.25) is 0 Å². The molecule has 1 aromatic heterocycles. The second kappa shape index (κ2) is 8.67. The molecule has 1 aliphatic rings. The number of para-hydroxylation sites is 1. The number of carbonyl (C=O) groups is 2. The van der Waals surface area contributed by atoms with Crippen LogP contribution in [0.2, 0.25) is 0 Å². The fourth-order valence-electron chi connectivity index (χ4n) is 4.30. The molecular formula is C23H26N6O2. The van der Waals surface area contributed by atoms with Crippen molar-refractivity contribution in [3.05, 3.63) is 65.5 Å². The van der Waals surface area contributed by atoms with Gasteiger partial charge in [-0.05, 0) is 71.5 Å². The van der Waals surface area contributed by atoms with Crippen molar-refractivity contribution < 1.29 is 9.59 Å². The number of rotatable bonds is 4. The van der Waals surface area contributed by atoms with Gasteiger partial charge in [0.05, 0.1) is 16.9 Å². The third-order valence-electron chi connectivity index (χ3n) is 5.62. The lowest BCUT2D eigenvalue weighted by Gasteiger charge is -2.35. The largest absolute Gasteiger partial charge is 0.338 e.